The summed E-state index contributed by atoms with van der Waals surface area (Å²) in [5, 5.41) is 3.10. The van der Waals surface area contributed by atoms with Crippen LogP contribution in [0.5, 0.6) is 0 Å². The molecule has 0 radical (unpaired) electrons. The molecule has 0 aromatic carbocycles. The molecule has 25 heavy (non-hydrogen) atoms. The molecule has 0 spiro atoms. The molecule has 3 rings (SSSR count). The molecule has 0 aliphatic heterocycles. The number of nitrogens with zero attached hydrogens (tertiary/aromatic N) is 4. The van der Waals surface area contributed by atoms with Crippen molar-refractivity contribution in [3.05, 3.63) is 27.2 Å². The number of carbonyl (C=O) groups excluding carboxylic acids is 1. The first-order chi connectivity index (χ1) is 11.8. The van der Waals surface area contributed by atoms with Crippen LogP contribution in [0.4, 0.5) is 0 Å². The molecule has 136 valence electrons. The minimum absolute atomic E-state index is 0.0154. The lowest BCUT2D eigenvalue weighted by molar-refractivity contribution is -0.123. The summed E-state index contributed by atoms with van der Waals surface area (Å²) in [6.07, 6.45) is 4.74. The Labute approximate surface area is 145 Å². The first-order valence-corrected chi connectivity index (χ1v) is 8.71. The molecule has 0 unspecified atom stereocenters. The van der Waals surface area contributed by atoms with Crippen LogP contribution >= 0.6 is 0 Å². The van der Waals surface area contributed by atoms with Gasteiger partial charge in [-0.1, -0.05) is 26.7 Å². The maximum atomic E-state index is 12.5. The molecule has 3 atom stereocenters. The maximum absolute atomic E-state index is 12.5. The van der Waals surface area contributed by atoms with Crippen LogP contribution < -0.4 is 16.6 Å². The number of nitrogens with one attached hydrogen (secondary N) is 1. The average Bonchev–Trinajstić information content (AvgIpc) is 2.99. The molecule has 2 aromatic heterocycles. The third kappa shape index (κ3) is 3.01. The smallest absolute Gasteiger partial charge is 0.332 e. The van der Waals surface area contributed by atoms with Crippen LogP contribution in [0.3, 0.4) is 0 Å². The van der Waals surface area contributed by atoms with Crippen LogP contribution in [0, 0.1) is 11.8 Å². The lowest BCUT2D eigenvalue weighted by Gasteiger charge is -2.34. The first kappa shape index (κ1) is 17.4. The summed E-state index contributed by atoms with van der Waals surface area (Å²) < 4.78 is 3.86. The zero-order valence-electron chi connectivity index (χ0n) is 15.2. The fourth-order valence-electron chi connectivity index (χ4n) is 3.71. The van der Waals surface area contributed by atoms with Crippen molar-refractivity contribution in [3.63, 3.8) is 0 Å². The predicted octanol–water partition coefficient (Wildman–Crippen LogP) is 0.375. The Bertz CT molecular complexity index is 923. The monoisotopic (exact) mass is 347 g/mol. The van der Waals surface area contributed by atoms with Gasteiger partial charge in [0.1, 0.15) is 6.54 Å². The Hall–Kier alpha value is -2.38. The summed E-state index contributed by atoms with van der Waals surface area (Å²) in [7, 11) is 2.99. The van der Waals surface area contributed by atoms with E-state index in [2.05, 4.69) is 24.1 Å². The van der Waals surface area contributed by atoms with Crippen molar-refractivity contribution >= 4 is 17.1 Å². The Morgan fingerprint density at radius 2 is 1.96 bits per heavy atom. The van der Waals surface area contributed by atoms with Gasteiger partial charge in [-0.3, -0.25) is 18.7 Å². The summed E-state index contributed by atoms with van der Waals surface area (Å²) in [5.74, 6) is 0.891. The van der Waals surface area contributed by atoms with E-state index < -0.39 is 11.2 Å². The molecule has 2 aromatic rings. The highest BCUT2D eigenvalue weighted by Gasteiger charge is 2.28. The van der Waals surface area contributed by atoms with Gasteiger partial charge in [-0.25, -0.2) is 9.78 Å². The minimum Gasteiger partial charge on any atom is -0.352 e. The number of fused-ring (bicyclic) bond motifs is 1. The van der Waals surface area contributed by atoms with Crippen LogP contribution in [-0.2, 0) is 25.4 Å². The van der Waals surface area contributed by atoms with Crippen LogP contribution in [-0.4, -0.2) is 30.6 Å². The fourth-order valence-corrected chi connectivity index (χ4v) is 3.71. The van der Waals surface area contributed by atoms with Gasteiger partial charge in [-0.2, -0.15) is 0 Å². The number of hydrogen-bond acceptors (Lipinski definition) is 4. The molecule has 1 aliphatic carbocycles. The van der Waals surface area contributed by atoms with Gasteiger partial charge in [0.05, 0.1) is 6.33 Å². The highest BCUT2D eigenvalue weighted by atomic mass is 16.2. The Morgan fingerprint density at radius 1 is 1.24 bits per heavy atom. The number of rotatable bonds is 3. The van der Waals surface area contributed by atoms with E-state index in [1.54, 1.807) is 7.05 Å². The van der Waals surface area contributed by atoms with Crippen molar-refractivity contribution in [2.75, 3.05) is 0 Å². The summed E-state index contributed by atoms with van der Waals surface area (Å²) >= 11 is 0. The highest BCUT2D eigenvalue weighted by molar-refractivity contribution is 5.79. The Balaban J connectivity index is 1.85. The number of aromatic nitrogens is 4. The van der Waals surface area contributed by atoms with E-state index in [-0.39, 0.29) is 24.0 Å². The molecule has 1 N–H and O–H groups in total. The highest BCUT2D eigenvalue weighted by Crippen LogP contribution is 2.29. The molecular formula is C17H25N5O3. The molecule has 0 saturated heterocycles. The first-order valence-electron chi connectivity index (χ1n) is 8.71. The van der Waals surface area contributed by atoms with E-state index in [1.165, 1.54) is 28.9 Å². The van der Waals surface area contributed by atoms with Gasteiger partial charge in [-0.05, 0) is 18.3 Å². The molecule has 2 heterocycles. The Kier molecular flexibility index (Phi) is 4.53. The number of amides is 1. The lowest BCUT2D eigenvalue weighted by atomic mass is 9.78. The normalized spacial score (nSPS) is 23.8. The minimum atomic E-state index is -0.442. The molecule has 0 bridgehead atoms. The van der Waals surface area contributed by atoms with Gasteiger partial charge in [0.25, 0.3) is 5.56 Å². The Morgan fingerprint density at radius 3 is 2.68 bits per heavy atom. The van der Waals surface area contributed by atoms with Crippen LogP contribution in [0.15, 0.2) is 15.9 Å². The fraction of sp³-hybridized carbons (Fsp3) is 0.647. The number of imidazole rings is 1. The summed E-state index contributed by atoms with van der Waals surface area (Å²) in [4.78, 5) is 41.0. The van der Waals surface area contributed by atoms with Crippen molar-refractivity contribution in [2.24, 2.45) is 25.9 Å². The second-order valence-electron chi connectivity index (χ2n) is 7.19. The second kappa shape index (κ2) is 6.50. The number of carbonyl (C=O) groups is 1. The summed E-state index contributed by atoms with van der Waals surface area (Å²) in [6.45, 7) is 4.41. The SMILES string of the molecule is C[C@@H]1[C@H](C)CCC[C@H]1NC(=O)Cn1cnc2c1c(=O)n(C)c(=O)n2C. The second-order valence-corrected chi connectivity index (χ2v) is 7.19. The van der Waals surface area contributed by atoms with E-state index >= 15 is 0 Å². The van der Waals surface area contributed by atoms with Crippen molar-refractivity contribution in [2.45, 2.75) is 45.7 Å². The van der Waals surface area contributed by atoms with Crippen LogP contribution in [0.25, 0.3) is 11.2 Å². The van der Waals surface area contributed by atoms with Crippen molar-refractivity contribution in [3.8, 4) is 0 Å². The van der Waals surface area contributed by atoms with E-state index in [1.807, 2.05) is 0 Å². The quantitative estimate of drug-likeness (QED) is 0.869. The van der Waals surface area contributed by atoms with E-state index in [9.17, 15) is 14.4 Å². The zero-order chi connectivity index (χ0) is 18.3. The molecule has 1 fully saturated rings. The zero-order valence-corrected chi connectivity index (χ0v) is 15.2. The molecule has 8 nitrogen and oxygen atoms in total. The number of aryl methyl sites for hydroxylation is 1. The third-order valence-corrected chi connectivity index (χ3v) is 5.58. The van der Waals surface area contributed by atoms with Gasteiger partial charge in [0.2, 0.25) is 5.91 Å². The van der Waals surface area contributed by atoms with Gasteiger partial charge in [0.15, 0.2) is 11.2 Å². The topological polar surface area (TPSA) is 90.9 Å². The van der Waals surface area contributed by atoms with Crippen molar-refractivity contribution in [1.82, 2.24) is 24.0 Å². The van der Waals surface area contributed by atoms with E-state index in [4.69, 9.17) is 0 Å². The third-order valence-electron chi connectivity index (χ3n) is 5.58. The average molecular weight is 347 g/mol. The van der Waals surface area contributed by atoms with E-state index in [0.29, 0.717) is 17.5 Å². The molecular weight excluding hydrogens is 322 g/mol. The van der Waals surface area contributed by atoms with Crippen LogP contribution in [0.1, 0.15) is 33.1 Å². The predicted molar refractivity (Wildman–Crippen MR) is 94.3 cm³/mol. The summed E-state index contributed by atoms with van der Waals surface area (Å²) in [6, 6.07) is 0.165. The van der Waals surface area contributed by atoms with Crippen molar-refractivity contribution < 1.29 is 4.79 Å². The maximum Gasteiger partial charge on any atom is 0.332 e. The molecule has 1 saturated carbocycles. The molecule has 1 amide bonds. The molecule has 1 aliphatic rings. The van der Waals surface area contributed by atoms with E-state index in [0.717, 1.165) is 17.4 Å². The van der Waals surface area contributed by atoms with Gasteiger partial charge < -0.3 is 9.88 Å². The van der Waals surface area contributed by atoms with Gasteiger partial charge in [0, 0.05) is 20.1 Å². The van der Waals surface area contributed by atoms with Gasteiger partial charge in [-0.15, -0.1) is 0 Å². The summed E-state index contributed by atoms with van der Waals surface area (Å²) in [5.41, 5.74) is -0.314. The number of hydrogen-bond donors (Lipinski definition) is 1. The standard InChI is InChI=1S/C17H25N5O3/c1-10-6-5-7-12(11(10)2)19-13(23)8-22-9-18-15-14(22)16(24)21(4)17(25)20(15)3/h9-12H,5-8H2,1-4H3,(H,19,23)/t10-,11-,12-/m1/s1. The van der Waals surface area contributed by atoms with Crippen molar-refractivity contribution in [1.29, 1.82) is 0 Å². The molecule has 8 heteroatoms. The van der Waals surface area contributed by atoms with Crippen LogP contribution in [0.2, 0.25) is 0 Å². The largest absolute Gasteiger partial charge is 0.352 e. The lowest BCUT2D eigenvalue weighted by Crippen LogP contribution is -2.45. The van der Waals surface area contributed by atoms with Gasteiger partial charge >= 0.3 is 5.69 Å².